The van der Waals surface area contributed by atoms with Crippen molar-refractivity contribution in [3.05, 3.63) is 36.2 Å². The van der Waals surface area contributed by atoms with Crippen molar-refractivity contribution in [3.63, 3.8) is 0 Å². The Kier molecular flexibility index (Phi) is 9.76. The lowest BCUT2D eigenvalue weighted by Gasteiger charge is -2.35. The Morgan fingerprint density at radius 2 is 1.70 bits per heavy atom. The first-order valence-corrected chi connectivity index (χ1v) is 16.6. The second-order valence-electron chi connectivity index (χ2n) is 13.6. The van der Waals surface area contributed by atoms with Crippen LogP contribution in [0, 0.1) is 5.92 Å². The summed E-state index contributed by atoms with van der Waals surface area (Å²) in [6.07, 6.45) is 1.48. The normalized spacial score (nSPS) is 22.4. The van der Waals surface area contributed by atoms with Gasteiger partial charge in [-0.2, -0.15) is 9.97 Å². The zero-order valence-electron chi connectivity index (χ0n) is 27.3. The predicted molar refractivity (Wildman–Crippen MR) is 173 cm³/mol. The molecule has 2 amide bonds. The van der Waals surface area contributed by atoms with E-state index in [9.17, 15) is 18.4 Å². The second-order valence-corrected chi connectivity index (χ2v) is 13.6. The molecule has 2 N–H and O–H groups in total. The summed E-state index contributed by atoms with van der Waals surface area (Å²) in [7, 11) is 0. The van der Waals surface area contributed by atoms with Crippen molar-refractivity contribution in [2.75, 3.05) is 49.6 Å². The number of morpholine rings is 1. The van der Waals surface area contributed by atoms with Gasteiger partial charge in [-0.15, -0.1) is 0 Å². The van der Waals surface area contributed by atoms with E-state index in [1.807, 2.05) is 25.7 Å². The van der Waals surface area contributed by atoms with E-state index in [0.29, 0.717) is 68.0 Å². The molecular formula is C33H44F2N8O4. The minimum Gasteiger partial charge on any atom is -0.444 e. The number of imidazole rings is 1. The fourth-order valence-corrected chi connectivity index (χ4v) is 6.54. The van der Waals surface area contributed by atoms with Crippen molar-refractivity contribution in [2.45, 2.75) is 83.4 Å². The van der Waals surface area contributed by atoms with E-state index >= 15 is 0 Å². The Hall–Kier alpha value is -4.07. The van der Waals surface area contributed by atoms with Crippen LogP contribution in [-0.2, 0) is 14.3 Å². The third-order valence-corrected chi connectivity index (χ3v) is 8.88. The molecule has 3 fully saturated rings. The van der Waals surface area contributed by atoms with Crippen LogP contribution in [0.2, 0.25) is 0 Å². The molecule has 2 saturated heterocycles. The molecule has 0 radical (unpaired) electrons. The summed E-state index contributed by atoms with van der Waals surface area (Å²) in [6, 6.07) is 8.86. The average molecular weight is 655 g/mol. The lowest BCUT2D eigenvalue weighted by Crippen LogP contribution is -2.49. The maximum Gasteiger partial charge on any atom is 0.410 e. The van der Waals surface area contributed by atoms with Crippen LogP contribution in [-0.4, -0.2) is 93.5 Å². The minimum absolute atomic E-state index is 0.0207. The molecule has 0 spiro atoms. The summed E-state index contributed by atoms with van der Waals surface area (Å²) in [5.41, 5.74) is 0.428. The van der Waals surface area contributed by atoms with E-state index in [2.05, 4.69) is 15.6 Å². The number of nitrogens with zero attached hydrogens (tertiary/aromatic N) is 6. The van der Waals surface area contributed by atoms with Gasteiger partial charge in [-0.25, -0.2) is 18.6 Å². The number of amides is 2. The number of nitrogens with one attached hydrogen (secondary N) is 2. The number of aromatic nitrogens is 4. The third-order valence-electron chi connectivity index (χ3n) is 8.88. The number of fused-ring (bicyclic) bond motifs is 1. The van der Waals surface area contributed by atoms with Crippen LogP contribution in [0.1, 0.15) is 71.5 Å². The van der Waals surface area contributed by atoms with Gasteiger partial charge in [0.1, 0.15) is 17.2 Å². The highest BCUT2D eigenvalue weighted by molar-refractivity contribution is 5.80. The molecule has 12 nitrogen and oxygen atoms in total. The number of carbonyl (C=O) groups is 2. The van der Waals surface area contributed by atoms with Crippen LogP contribution < -0.4 is 15.5 Å². The molecule has 2 aliphatic heterocycles. The summed E-state index contributed by atoms with van der Waals surface area (Å²) in [4.78, 5) is 43.2. The topological polar surface area (TPSA) is 127 Å². The smallest absolute Gasteiger partial charge is 0.410 e. The molecule has 1 saturated carbocycles. The van der Waals surface area contributed by atoms with Gasteiger partial charge in [-0.3, -0.25) is 9.36 Å². The van der Waals surface area contributed by atoms with Crippen molar-refractivity contribution >= 4 is 34.8 Å². The maximum atomic E-state index is 14.2. The van der Waals surface area contributed by atoms with E-state index in [4.69, 9.17) is 19.4 Å². The average Bonchev–Trinajstić information content (AvgIpc) is 3.46. The predicted octanol–water partition coefficient (Wildman–Crippen LogP) is 5.08. The molecule has 6 rings (SSSR count). The number of anilines is 2. The van der Waals surface area contributed by atoms with Gasteiger partial charge in [-0.1, -0.05) is 12.1 Å². The van der Waals surface area contributed by atoms with E-state index in [-0.39, 0.29) is 35.8 Å². The quantitative estimate of drug-likeness (QED) is 0.359. The van der Waals surface area contributed by atoms with Crippen molar-refractivity contribution in [2.24, 2.45) is 5.92 Å². The summed E-state index contributed by atoms with van der Waals surface area (Å²) in [6.45, 7) is 8.70. The molecule has 0 bridgehead atoms. The molecular weight excluding hydrogens is 610 g/mol. The van der Waals surface area contributed by atoms with Crippen molar-refractivity contribution in [1.29, 1.82) is 0 Å². The minimum atomic E-state index is -2.79. The number of hydrogen-bond acceptors (Lipinski definition) is 9. The van der Waals surface area contributed by atoms with Gasteiger partial charge in [0.15, 0.2) is 5.82 Å². The Morgan fingerprint density at radius 1 is 0.979 bits per heavy atom. The van der Waals surface area contributed by atoms with Crippen LogP contribution in [0.5, 0.6) is 0 Å². The zero-order valence-corrected chi connectivity index (χ0v) is 27.3. The number of likely N-dealkylation sites (tertiary alicyclic amines) is 1. The molecule has 1 aromatic carbocycles. The van der Waals surface area contributed by atoms with Crippen LogP contribution in [0.15, 0.2) is 30.3 Å². The third kappa shape index (κ3) is 7.91. The lowest BCUT2D eigenvalue weighted by atomic mass is 9.90. The summed E-state index contributed by atoms with van der Waals surface area (Å²) in [5, 5.41) is 6.76. The Morgan fingerprint density at radius 3 is 2.43 bits per heavy atom. The number of para-hydroxylation sites is 2. The van der Waals surface area contributed by atoms with Crippen molar-refractivity contribution in [1.82, 2.24) is 29.7 Å². The van der Waals surface area contributed by atoms with Crippen LogP contribution >= 0.6 is 0 Å². The molecule has 4 heterocycles. The first kappa shape index (κ1) is 32.9. The van der Waals surface area contributed by atoms with Crippen LogP contribution in [0.4, 0.5) is 25.3 Å². The van der Waals surface area contributed by atoms with E-state index in [1.165, 1.54) is 4.57 Å². The Bertz CT molecular complexity index is 1560. The van der Waals surface area contributed by atoms with Gasteiger partial charge < -0.3 is 29.9 Å². The molecule has 3 aromatic rings. The van der Waals surface area contributed by atoms with Gasteiger partial charge in [0.25, 0.3) is 6.43 Å². The van der Waals surface area contributed by atoms with Crippen LogP contribution in [0.25, 0.3) is 16.9 Å². The first-order chi connectivity index (χ1) is 22.5. The summed E-state index contributed by atoms with van der Waals surface area (Å²) in [5.74, 6) is 0.663. The molecule has 1 aliphatic carbocycles. The molecule has 3 aliphatic rings. The van der Waals surface area contributed by atoms with E-state index in [0.717, 1.165) is 38.5 Å². The summed E-state index contributed by atoms with van der Waals surface area (Å²) < 4.78 is 40.9. The van der Waals surface area contributed by atoms with Gasteiger partial charge in [-0.05, 0) is 71.4 Å². The summed E-state index contributed by atoms with van der Waals surface area (Å²) >= 11 is 0. The molecule has 2 aromatic heterocycles. The Labute approximate surface area is 273 Å². The van der Waals surface area contributed by atoms with Crippen molar-refractivity contribution < 1.29 is 27.8 Å². The zero-order chi connectivity index (χ0) is 33.1. The molecule has 0 unspecified atom stereocenters. The van der Waals surface area contributed by atoms with Gasteiger partial charge >= 0.3 is 6.09 Å². The number of carbonyl (C=O) groups excluding carboxylic acids is 2. The number of halogens is 2. The highest BCUT2D eigenvalue weighted by Crippen LogP contribution is 2.30. The van der Waals surface area contributed by atoms with Gasteiger partial charge in [0.2, 0.25) is 11.9 Å². The SMILES string of the molecule is CC(C)(C)OC(=O)N1CCC[C@@H](C(=O)NC2CCC(Nc3cc(-n4c(C(F)F)nc5ccccc54)nc(N4CCOCC4)n3)CC2)C1. The molecule has 14 heteroatoms. The largest absolute Gasteiger partial charge is 0.444 e. The van der Waals surface area contributed by atoms with Crippen molar-refractivity contribution in [3.8, 4) is 5.82 Å². The van der Waals surface area contributed by atoms with Gasteiger partial charge in [0.05, 0.1) is 30.2 Å². The van der Waals surface area contributed by atoms with E-state index < -0.39 is 12.0 Å². The molecule has 254 valence electrons. The fourth-order valence-electron chi connectivity index (χ4n) is 6.54. The lowest BCUT2D eigenvalue weighted by molar-refractivity contribution is -0.127. The maximum absolute atomic E-state index is 14.2. The second kappa shape index (κ2) is 14.0. The highest BCUT2D eigenvalue weighted by Gasteiger charge is 2.33. The number of ether oxygens (including phenoxy) is 2. The number of hydrogen-bond donors (Lipinski definition) is 2. The Balaban J connectivity index is 1.12. The monoisotopic (exact) mass is 654 g/mol. The number of benzene rings is 1. The number of alkyl halides is 2. The number of piperidine rings is 1. The highest BCUT2D eigenvalue weighted by atomic mass is 19.3. The molecule has 1 atom stereocenters. The molecule has 47 heavy (non-hydrogen) atoms. The standard InChI is InChI=1S/C33H44F2N8O4/c1-33(2,3)47-32(45)42-14-6-7-21(20-42)30(44)37-23-12-10-22(11-13-23)36-26-19-27(40-31(39-26)41-15-17-46-18-16-41)43-25-9-5-4-8-24(25)38-29(43)28(34)35/h4-5,8-9,19,21-23,28H,6-7,10-18,20H2,1-3H3,(H,37,44)(H,36,39,40)/t21-,22?,23?/m1/s1. The van der Waals surface area contributed by atoms with E-state index in [1.54, 1.807) is 35.2 Å². The fraction of sp³-hybridized carbons (Fsp3) is 0.606. The number of rotatable bonds is 7. The van der Waals surface area contributed by atoms with Gasteiger partial charge in [0, 0.05) is 44.3 Å². The van der Waals surface area contributed by atoms with Crippen LogP contribution in [0.3, 0.4) is 0 Å². The first-order valence-electron chi connectivity index (χ1n) is 16.6.